The van der Waals surface area contributed by atoms with Crippen LogP contribution in [0.25, 0.3) is 0 Å². The van der Waals surface area contributed by atoms with E-state index in [1.54, 1.807) is 13.0 Å². The van der Waals surface area contributed by atoms with E-state index in [1.165, 1.54) is 0 Å². The largest absolute Gasteiger partial charge is 0.480 e. The van der Waals surface area contributed by atoms with Gasteiger partial charge >= 0.3 is 5.97 Å². The lowest BCUT2D eigenvalue weighted by Crippen LogP contribution is -2.36. The van der Waals surface area contributed by atoms with E-state index in [0.29, 0.717) is 5.69 Å². The maximum Gasteiger partial charge on any atom is 0.322 e. The Balaban J connectivity index is 2.12. The van der Waals surface area contributed by atoms with Crippen LogP contribution >= 0.6 is 11.8 Å². The molecule has 7 nitrogen and oxygen atoms in total. The maximum absolute atomic E-state index is 12.4. The average molecular weight is 336 g/mol. The topological polar surface area (TPSA) is 104 Å². The van der Waals surface area contributed by atoms with E-state index in [2.05, 4.69) is 5.32 Å². The van der Waals surface area contributed by atoms with Crippen molar-refractivity contribution >= 4 is 40.5 Å². The van der Waals surface area contributed by atoms with Crippen LogP contribution in [0.4, 0.5) is 10.5 Å². The van der Waals surface area contributed by atoms with Gasteiger partial charge in [0.25, 0.3) is 5.24 Å². The molecule has 2 N–H and O–H groups in total. The summed E-state index contributed by atoms with van der Waals surface area (Å²) in [6.45, 7) is 3.14. The molecule has 1 heterocycles. The Bertz CT molecular complexity index is 688. The molecule has 0 aromatic heterocycles. The van der Waals surface area contributed by atoms with Gasteiger partial charge < -0.3 is 10.4 Å². The predicted octanol–water partition coefficient (Wildman–Crippen LogP) is 1.46. The van der Waals surface area contributed by atoms with Crippen molar-refractivity contribution < 1.29 is 24.3 Å². The number of carboxylic acid groups (broad SMARTS) is 1. The highest BCUT2D eigenvalue weighted by atomic mass is 32.2. The van der Waals surface area contributed by atoms with Gasteiger partial charge in [-0.3, -0.25) is 19.2 Å². The Hall–Kier alpha value is -2.35. The summed E-state index contributed by atoms with van der Waals surface area (Å²) in [4.78, 5) is 47.7. The van der Waals surface area contributed by atoms with Gasteiger partial charge in [-0.2, -0.15) is 0 Å². The fourth-order valence-corrected chi connectivity index (χ4v) is 3.16. The van der Waals surface area contributed by atoms with Gasteiger partial charge in [0, 0.05) is 6.42 Å². The van der Waals surface area contributed by atoms with E-state index in [1.807, 2.05) is 19.1 Å². The molecule has 3 amide bonds. The summed E-state index contributed by atoms with van der Waals surface area (Å²) >= 11 is 0.783. The highest BCUT2D eigenvalue weighted by Crippen LogP contribution is 2.35. The summed E-state index contributed by atoms with van der Waals surface area (Å²) in [6.07, 6.45) is -0.232. The summed E-state index contributed by atoms with van der Waals surface area (Å²) in [5, 5.41) is 9.43. The lowest BCUT2D eigenvalue weighted by molar-refractivity contribution is -0.137. The minimum Gasteiger partial charge on any atom is -0.480 e. The molecule has 1 aromatic carbocycles. The van der Waals surface area contributed by atoms with E-state index < -0.39 is 34.8 Å². The Morgan fingerprint density at radius 2 is 2.00 bits per heavy atom. The first kappa shape index (κ1) is 17.0. The number of nitrogens with zero attached hydrogens (tertiary/aromatic N) is 1. The van der Waals surface area contributed by atoms with Crippen molar-refractivity contribution in [2.75, 3.05) is 11.4 Å². The third-order valence-electron chi connectivity index (χ3n) is 3.33. The van der Waals surface area contributed by atoms with Crippen LogP contribution in [0.5, 0.6) is 0 Å². The molecule has 0 saturated carbocycles. The second kappa shape index (κ2) is 6.82. The Morgan fingerprint density at radius 1 is 1.30 bits per heavy atom. The molecule has 122 valence electrons. The average Bonchev–Trinajstić information content (AvgIpc) is 2.74. The van der Waals surface area contributed by atoms with Crippen molar-refractivity contribution in [3.05, 3.63) is 29.3 Å². The quantitative estimate of drug-likeness (QED) is 0.844. The Labute approximate surface area is 137 Å². The van der Waals surface area contributed by atoms with Gasteiger partial charge in [0.1, 0.15) is 11.8 Å². The number of hydrogen-bond donors (Lipinski definition) is 2. The van der Waals surface area contributed by atoms with Crippen LogP contribution in [0, 0.1) is 13.8 Å². The standard InChI is InChI=1S/C15H16N2O5S/c1-8-3-4-9(2)10(5-8)17-14(21)11(23-15(17)22)6-12(18)16-7-13(19)20/h3-5,11H,6-7H2,1-2H3,(H,16,18)(H,19,20). The van der Waals surface area contributed by atoms with Crippen LogP contribution in [0.3, 0.4) is 0 Å². The first-order valence-corrected chi connectivity index (χ1v) is 7.78. The van der Waals surface area contributed by atoms with Crippen LogP contribution in [0.1, 0.15) is 17.5 Å². The Morgan fingerprint density at radius 3 is 2.65 bits per heavy atom. The van der Waals surface area contributed by atoms with E-state index >= 15 is 0 Å². The van der Waals surface area contributed by atoms with E-state index in [0.717, 1.165) is 27.8 Å². The first-order chi connectivity index (χ1) is 10.8. The number of aryl methyl sites for hydroxylation is 2. The van der Waals surface area contributed by atoms with Crippen molar-refractivity contribution in [2.24, 2.45) is 0 Å². The number of carbonyl (C=O) groups excluding carboxylic acids is 3. The molecule has 8 heteroatoms. The summed E-state index contributed by atoms with van der Waals surface area (Å²) in [5.41, 5.74) is 2.22. The number of anilines is 1. The van der Waals surface area contributed by atoms with Crippen LogP contribution in [0.15, 0.2) is 18.2 Å². The number of carboxylic acids is 1. The van der Waals surface area contributed by atoms with Crippen LogP contribution in [-0.4, -0.2) is 39.9 Å². The second-order valence-electron chi connectivity index (χ2n) is 5.21. The van der Waals surface area contributed by atoms with Crippen molar-refractivity contribution in [1.29, 1.82) is 0 Å². The number of amides is 3. The molecule has 1 unspecified atom stereocenters. The lowest BCUT2D eigenvalue weighted by Gasteiger charge is -2.17. The van der Waals surface area contributed by atoms with Crippen molar-refractivity contribution in [1.82, 2.24) is 5.32 Å². The van der Waals surface area contributed by atoms with Gasteiger partial charge in [-0.05, 0) is 42.8 Å². The van der Waals surface area contributed by atoms with E-state index in [-0.39, 0.29) is 6.42 Å². The number of aliphatic carboxylic acids is 1. The molecule has 1 aliphatic heterocycles. The first-order valence-electron chi connectivity index (χ1n) is 6.90. The van der Waals surface area contributed by atoms with E-state index in [9.17, 15) is 19.2 Å². The summed E-state index contributed by atoms with van der Waals surface area (Å²) < 4.78 is 0. The van der Waals surface area contributed by atoms with Crippen molar-refractivity contribution in [3.63, 3.8) is 0 Å². The molecule has 1 atom stereocenters. The van der Waals surface area contributed by atoms with Crippen molar-refractivity contribution in [2.45, 2.75) is 25.5 Å². The lowest BCUT2D eigenvalue weighted by atomic mass is 10.1. The maximum atomic E-state index is 12.4. The molecule has 0 aliphatic carbocycles. The molecule has 0 bridgehead atoms. The molecular weight excluding hydrogens is 320 g/mol. The SMILES string of the molecule is Cc1ccc(C)c(N2C(=O)SC(CC(=O)NCC(=O)O)C2=O)c1. The normalized spacial score (nSPS) is 17.5. The molecule has 1 aromatic rings. The number of benzene rings is 1. The minimum absolute atomic E-state index is 0.232. The number of rotatable bonds is 5. The number of thioether (sulfide) groups is 1. The third-order valence-corrected chi connectivity index (χ3v) is 4.37. The molecule has 23 heavy (non-hydrogen) atoms. The second-order valence-corrected chi connectivity index (χ2v) is 6.36. The van der Waals surface area contributed by atoms with E-state index in [4.69, 9.17) is 5.11 Å². The van der Waals surface area contributed by atoms with Gasteiger partial charge in [-0.15, -0.1) is 0 Å². The summed E-state index contributed by atoms with van der Waals surface area (Å²) in [7, 11) is 0. The monoisotopic (exact) mass is 336 g/mol. The number of imide groups is 1. The predicted molar refractivity (Wildman–Crippen MR) is 85.4 cm³/mol. The van der Waals surface area contributed by atoms with Gasteiger partial charge in [-0.25, -0.2) is 4.90 Å². The van der Waals surface area contributed by atoms with Crippen LogP contribution < -0.4 is 10.2 Å². The number of nitrogens with one attached hydrogen (secondary N) is 1. The van der Waals surface area contributed by atoms with Gasteiger partial charge in [0.15, 0.2) is 0 Å². The van der Waals surface area contributed by atoms with Gasteiger partial charge in [-0.1, -0.05) is 12.1 Å². The van der Waals surface area contributed by atoms with Crippen LogP contribution in [-0.2, 0) is 14.4 Å². The number of hydrogen-bond acceptors (Lipinski definition) is 5. The summed E-state index contributed by atoms with van der Waals surface area (Å²) in [6, 6.07) is 5.45. The highest BCUT2D eigenvalue weighted by Gasteiger charge is 2.42. The molecular formula is C15H16N2O5S. The summed E-state index contributed by atoms with van der Waals surface area (Å²) in [5.74, 6) is -2.20. The van der Waals surface area contributed by atoms with Gasteiger partial charge in [0.05, 0.1) is 5.69 Å². The van der Waals surface area contributed by atoms with Crippen molar-refractivity contribution in [3.8, 4) is 0 Å². The molecule has 1 fully saturated rings. The van der Waals surface area contributed by atoms with Gasteiger partial charge in [0.2, 0.25) is 11.8 Å². The smallest absolute Gasteiger partial charge is 0.322 e. The molecule has 0 spiro atoms. The molecule has 2 rings (SSSR count). The zero-order valence-electron chi connectivity index (χ0n) is 12.7. The molecule has 1 aliphatic rings. The fourth-order valence-electron chi connectivity index (χ4n) is 2.18. The zero-order valence-corrected chi connectivity index (χ0v) is 13.5. The van der Waals surface area contributed by atoms with Crippen LogP contribution in [0.2, 0.25) is 0 Å². The Kier molecular flexibility index (Phi) is 5.05. The minimum atomic E-state index is -1.17. The molecule has 1 saturated heterocycles. The number of carbonyl (C=O) groups is 4. The highest BCUT2D eigenvalue weighted by molar-refractivity contribution is 8.15. The molecule has 0 radical (unpaired) electrons. The fraction of sp³-hybridized carbons (Fsp3) is 0.333. The third kappa shape index (κ3) is 3.89. The zero-order chi connectivity index (χ0) is 17.1.